The van der Waals surface area contributed by atoms with Crippen LogP contribution < -0.4 is 5.32 Å². The highest BCUT2D eigenvalue weighted by atomic mass is 35.5. The lowest BCUT2D eigenvalue weighted by Gasteiger charge is -2.25. The molecule has 1 aliphatic heterocycles. The molecule has 0 aliphatic carbocycles. The zero-order valence-corrected chi connectivity index (χ0v) is 14.4. The van der Waals surface area contributed by atoms with Crippen molar-refractivity contribution in [3.05, 3.63) is 35.4 Å². The van der Waals surface area contributed by atoms with Gasteiger partial charge in [0, 0.05) is 44.1 Å². The number of benzene rings is 1. The van der Waals surface area contributed by atoms with E-state index in [4.69, 9.17) is 0 Å². The van der Waals surface area contributed by atoms with Gasteiger partial charge in [-0.2, -0.15) is 11.8 Å². The Morgan fingerprint density at radius 3 is 2.57 bits per heavy atom. The Kier molecular flexibility index (Phi) is 8.15. The zero-order chi connectivity index (χ0) is 14.4. The van der Waals surface area contributed by atoms with Gasteiger partial charge in [0.05, 0.1) is 0 Å². The normalized spacial score (nSPS) is 17.9. The highest BCUT2D eigenvalue weighted by molar-refractivity contribution is 7.99. The van der Waals surface area contributed by atoms with Gasteiger partial charge in [-0.05, 0) is 17.5 Å². The maximum absolute atomic E-state index is 12.2. The molecule has 21 heavy (non-hydrogen) atoms. The van der Waals surface area contributed by atoms with Crippen LogP contribution in [0.15, 0.2) is 24.3 Å². The summed E-state index contributed by atoms with van der Waals surface area (Å²) in [5.41, 5.74) is 2.54. The number of nitrogens with zero attached hydrogens (tertiary/aromatic N) is 1. The average Bonchev–Trinajstić information content (AvgIpc) is 2.49. The van der Waals surface area contributed by atoms with Gasteiger partial charge in [0.1, 0.15) is 0 Å². The molecule has 1 atom stereocenters. The number of rotatable bonds is 5. The van der Waals surface area contributed by atoms with Gasteiger partial charge in [-0.1, -0.05) is 31.2 Å². The minimum absolute atomic E-state index is 0. The van der Waals surface area contributed by atoms with Crippen molar-refractivity contribution in [2.45, 2.75) is 32.4 Å². The van der Waals surface area contributed by atoms with E-state index in [1.807, 2.05) is 23.7 Å². The molecule has 3 nitrogen and oxygen atoms in total. The molecule has 1 aromatic carbocycles. The maximum atomic E-state index is 12.2. The molecule has 2 rings (SSSR count). The number of nitrogens with one attached hydrogen (secondary N) is 1. The summed E-state index contributed by atoms with van der Waals surface area (Å²) in [6.45, 7) is 3.87. The number of carbonyl (C=O) groups is 1. The molecule has 1 saturated heterocycles. The van der Waals surface area contributed by atoms with Crippen LogP contribution in [0.4, 0.5) is 0 Å². The summed E-state index contributed by atoms with van der Waals surface area (Å²) >= 11 is 1.93. The number of hydrogen-bond donors (Lipinski definition) is 1. The van der Waals surface area contributed by atoms with Gasteiger partial charge >= 0.3 is 0 Å². The Hall–Kier alpha value is -0.710. The Labute approximate surface area is 138 Å². The standard InChI is InChI=1S/C16H24N2OS.ClH/c1-3-13-4-6-14(7-5-13)11-18(2)16(19)10-15-12-20-9-8-17-15;/h4-7,15,17H,3,8-12H2,1-2H3;1H. The lowest BCUT2D eigenvalue weighted by molar-refractivity contribution is -0.130. The van der Waals surface area contributed by atoms with E-state index in [0.29, 0.717) is 19.0 Å². The molecule has 1 aromatic rings. The van der Waals surface area contributed by atoms with Crippen molar-refractivity contribution in [2.75, 3.05) is 25.1 Å². The zero-order valence-electron chi connectivity index (χ0n) is 12.8. The van der Waals surface area contributed by atoms with E-state index >= 15 is 0 Å². The summed E-state index contributed by atoms with van der Waals surface area (Å²) in [5, 5.41) is 3.42. The molecule has 0 bridgehead atoms. The number of hydrogen-bond acceptors (Lipinski definition) is 3. The molecule has 1 heterocycles. The van der Waals surface area contributed by atoms with Gasteiger partial charge in [0.25, 0.3) is 0 Å². The quantitative estimate of drug-likeness (QED) is 0.902. The molecule has 118 valence electrons. The van der Waals surface area contributed by atoms with E-state index in [9.17, 15) is 4.79 Å². The fourth-order valence-electron chi connectivity index (χ4n) is 2.36. The molecular formula is C16H25ClN2OS. The van der Waals surface area contributed by atoms with E-state index in [2.05, 4.69) is 36.5 Å². The topological polar surface area (TPSA) is 32.3 Å². The van der Waals surface area contributed by atoms with Crippen LogP contribution in [-0.4, -0.2) is 41.9 Å². The molecule has 1 fully saturated rings. The molecule has 1 amide bonds. The first-order valence-electron chi connectivity index (χ1n) is 7.32. The minimum atomic E-state index is 0. The van der Waals surface area contributed by atoms with Gasteiger partial charge in [-0.15, -0.1) is 12.4 Å². The number of thioether (sulfide) groups is 1. The number of carbonyl (C=O) groups excluding carboxylic acids is 1. The Bertz CT molecular complexity index is 432. The fraction of sp³-hybridized carbons (Fsp3) is 0.562. The van der Waals surface area contributed by atoms with Gasteiger partial charge < -0.3 is 10.2 Å². The number of amides is 1. The molecule has 0 spiro atoms. The Balaban J connectivity index is 0.00000220. The van der Waals surface area contributed by atoms with Crippen molar-refractivity contribution in [1.29, 1.82) is 0 Å². The Morgan fingerprint density at radius 1 is 1.33 bits per heavy atom. The monoisotopic (exact) mass is 328 g/mol. The highest BCUT2D eigenvalue weighted by Crippen LogP contribution is 2.13. The average molecular weight is 329 g/mol. The van der Waals surface area contributed by atoms with Crippen LogP contribution in [0.3, 0.4) is 0 Å². The van der Waals surface area contributed by atoms with Gasteiger partial charge in [0.15, 0.2) is 0 Å². The van der Waals surface area contributed by atoms with Crippen LogP contribution in [0.2, 0.25) is 0 Å². The van der Waals surface area contributed by atoms with Crippen LogP contribution in [-0.2, 0) is 17.8 Å². The summed E-state index contributed by atoms with van der Waals surface area (Å²) in [6, 6.07) is 8.88. The predicted molar refractivity (Wildman–Crippen MR) is 93.3 cm³/mol. The van der Waals surface area contributed by atoms with Crippen LogP contribution in [0.1, 0.15) is 24.5 Å². The molecule has 1 unspecified atom stereocenters. The van der Waals surface area contributed by atoms with E-state index in [-0.39, 0.29) is 18.3 Å². The first kappa shape index (κ1) is 18.3. The summed E-state index contributed by atoms with van der Waals surface area (Å²) in [5.74, 6) is 2.43. The second-order valence-electron chi connectivity index (χ2n) is 5.35. The van der Waals surface area contributed by atoms with E-state index in [0.717, 1.165) is 24.5 Å². The predicted octanol–water partition coefficient (Wildman–Crippen LogP) is 2.72. The maximum Gasteiger partial charge on any atom is 0.224 e. The van der Waals surface area contributed by atoms with Crippen LogP contribution in [0.5, 0.6) is 0 Å². The van der Waals surface area contributed by atoms with Crippen molar-refractivity contribution >= 4 is 30.1 Å². The number of aryl methyl sites for hydroxylation is 1. The lowest BCUT2D eigenvalue weighted by atomic mass is 10.1. The summed E-state index contributed by atoms with van der Waals surface area (Å²) in [7, 11) is 1.89. The molecule has 0 aromatic heterocycles. The van der Waals surface area contributed by atoms with Crippen molar-refractivity contribution in [2.24, 2.45) is 0 Å². The van der Waals surface area contributed by atoms with E-state index < -0.39 is 0 Å². The first-order valence-corrected chi connectivity index (χ1v) is 8.47. The molecular weight excluding hydrogens is 304 g/mol. The Morgan fingerprint density at radius 2 is 2.00 bits per heavy atom. The molecule has 0 saturated carbocycles. The van der Waals surface area contributed by atoms with Crippen molar-refractivity contribution in [3.63, 3.8) is 0 Å². The molecule has 0 radical (unpaired) electrons. The second-order valence-corrected chi connectivity index (χ2v) is 6.50. The summed E-state index contributed by atoms with van der Waals surface area (Å²) in [4.78, 5) is 14.1. The highest BCUT2D eigenvalue weighted by Gasteiger charge is 2.19. The van der Waals surface area contributed by atoms with Gasteiger partial charge in [-0.3, -0.25) is 4.79 Å². The van der Waals surface area contributed by atoms with Crippen LogP contribution >= 0.6 is 24.2 Å². The first-order chi connectivity index (χ1) is 9.69. The van der Waals surface area contributed by atoms with Crippen LogP contribution in [0, 0.1) is 0 Å². The smallest absolute Gasteiger partial charge is 0.224 e. The molecule has 1 N–H and O–H groups in total. The number of halogens is 1. The van der Waals surface area contributed by atoms with Gasteiger partial charge in [0.2, 0.25) is 5.91 Å². The van der Waals surface area contributed by atoms with Crippen molar-refractivity contribution in [1.82, 2.24) is 10.2 Å². The molecule has 1 aliphatic rings. The van der Waals surface area contributed by atoms with E-state index in [1.165, 1.54) is 11.1 Å². The summed E-state index contributed by atoms with van der Waals surface area (Å²) in [6.07, 6.45) is 1.66. The minimum Gasteiger partial charge on any atom is -0.341 e. The summed E-state index contributed by atoms with van der Waals surface area (Å²) < 4.78 is 0. The van der Waals surface area contributed by atoms with Crippen LogP contribution in [0.25, 0.3) is 0 Å². The van der Waals surface area contributed by atoms with Crippen molar-refractivity contribution < 1.29 is 4.79 Å². The SMILES string of the molecule is CCc1ccc(CN(C)C(=O)CC2CSCCN2)cc1.Cl. The second kappa shape index (κ2) is 9.34. The van der Waals surface area contributed by atoms with Gasteiger partial charge in [-0.25, -0.2) is 0 Å². The molecule has 5 heteroatoms. The third kappa shape index (κ3) is 5.89. The van der Waals surface area contributed by atoms with Crippen molar-refractivity contribution in [3.8, 4) is 0 Å². The largest absolute Gasteiger partial charge is 0.341 e. The lowest BCUT2D eigenvalue weighted by Crippen LogP contribution is -2.41. The van der Waals surface area contributed by atoms with E-state index in [1.54, 1.807) is 0 Å². The third-order valence-electron chi connectivity index (χ3n) is 3.70. The third-order valence-corrected chi connectivity index (χ3v) is 4.83. The fourth-order valence-corrected chi connectivity index (χ4v) is 3.31.